The Morgan fingerprint density at radius 3 is 2.11 bits per heavy atom. The second-order valence-corrected chi connectivity index (χ2v) is 8.66. The number of halogens is 5. The summed E-state index contributed by atoms with van der Waals surface area (Å²) in [4.78, 5) is 1.41. The van der Waals surface area contributed by atoms with Gasteiger partial charge in [-0.3, -0.25) is 4.90 Å². The van der Waals surface area contributed by atoms with E-state index in [1.807, 2.05) is 4.90 Å². The van der Waals surface area contributed by atoms with Crippen LogP contribution in [0.15, 0.2) is 53.4 Å². The summed E-state index contributed by atoms with van der Waals surface area (Å²) in [5.74, 6) is -3.50. The lowest BCUT2D eigenvalue weighted by Gasteiger charge is -2.24. The molecule has 3 nitrogen and oxygen atoms in total. The summed E-state index contributed by atoms with van der Waals surface area (Å²) in [6.07, 6.45) is -2.71. The van der Waals surface area contributed by atoms with Crippen LogP contribution in [0.1, 0.15) is 29.5 Å². The fraction of sp³-hybridized carbons (Fsp3) is 0.368. The molecule has 1 fully saturated rings. The van der Waals surface area contributed by atoms with Gasteiger partial charge >= 0.3 is 11.9 Å². The Bertz CT molecular complexity index is 922. The van der Waals surface area contributed by atoms with Gasteiger partial charge in [-0.05, 0) is 42.2 Å². The average Bonchev–Trinajstić information content (AvgIpc) is 3.46. The highest BCUT2D eigenvalue weighted by Crippen LogP contribution is 2.35. The Labute approximate surface area is 159 Å². The fourth-order valence-electron chi connectivity index (χ4n) is 3.03. The average molecular weight is 419 g/mol. The smallest absolute Gasteiger partial charge is 0.292 e. The maximum atomic E-state index is 13.2. The minimum atomic E-state index is -4.67. The highest BCUT2D eigenvalue weighted by molar-refractivity contribution is 7.91. The molecule has 0 unspecified atom stereocenters. The number of nitrogens with zero attached hydrogens (tertiary/aromatic N) is 1. The van der Waals surface area contributed by atoms with E-state index in [4.69, 9.17) is 0 Å². The molecule has 0 N–H and O–H groups in total. The van der Waals surface area contributed by atoms with Crippen molar-refractivity contribution < 1.29 is 30.4 Å². The molecule has 28 heavy (non-hydrogen) atoms. The van der Waals surface area contributed by atoms with Crippen LogP contribution in [-0.2, 0) is 29.1 Å². The molecular weight excluding hydrogens is 401 g/mol. The van der Waals surface area contributed by atoms with Crippen molar-refractivity contribution in [2.24, 2.45) is 0 Å². The monoisotopic (exact) mass is 419 g/mol. The normalized spacial score (nSPS) is 15.4. The number of benzene rings is 2. The Kier molecular flexibility index (Phi) is 5.77. The van der Waals surface area contributed by atoms with Gasteiger partial charge in [0.25, 0.3) is 0 Å². The van der Waals surface area contributed by atoms with Crippen molar-refractivity contribution in [3.63, 3.8) is 0 Å². The van der Waals surface area contributed by atoms with Crippen LogP contribution in [0, 0.1) is 0 Å². The summed E-state index contributed by atoms with van der Waals surface area (Å²) in [7, 11) is -4.67. The first-order valence-corrected chi connectivity index (χ1v) is 10.1. The molecule has 0 saturated heterocycles. The lowest BCUT2D eigenvalue weighted by molar-refractivity contribution is -0.138. The van der Waals surface area contributed by atoms with Crippen LogP contribution < -0.4 is 0 Å². The van der Waals surface area contributed by atoms with Gasteiger partial charge < -0.3 is 0 Å². The van der Waals surface area contributed by atoms with Gasteiger partial charge in [0.05, 0.1) is 10.5 Å². The summed E-state index contributed by atoms with van der Waals surface area (Å²) in [6, 6.07) is 10.6. The van der Waals surface area contributed by atoms with Crippen molar-refractivity contribution >= 4 is 9.84 Å². The highest BCUT2D eigenvalue weighted by atomic mass is 32.2. The molecule has 1 aliphatic carbocycles. The highest BCUT2D eigenvalue weighted by Gasteiger charge is 2.35. The van der Waals surface area contributed by atoms with Gasteiger partial charge in [-0.1, -0.05) is 30.3 Å². The molecule has 0 aromatic heterocycles. The third-order valence-corrected chi connectivity index (χ3v) is 6.03. The molecule has 0 heterocycles. The number of hydrogen-bond acceptors (Lipinski definition) is 3. The van der Waals surface area contributed by atoms with Crippen LogP contribution in [0.2, 0.25) is 0 Å². The minimum absolute atomic E-state index is 0.0947. The maximum absolute atomic E-state index is 13.2. The molecular formula is C19H18F5NO2S. The molecule has 9 heteroatoms. The van der Waals surface area contributed by atoms with E-state index in [1.54, 1.807) is 6.07 Å². The van der Waals surface area contributed by atoms with E-state index >= 15 is 0 Å². The molecule has 2 aromatic rings. The molecule has 1 aliphatic rings. The maximum Gasteiger partial charge on any atom is 0.416 e. The molecule has 0 aliphatic heterocycles. The molecule has 0 amide bonds. The molecule has 0 atom stereocenters. The van der Waals surface area contributed by atoms with Crippen molar-refractivity contribution in [1.29, 1.82) is 0 Å². The van der Waals surface area contributed by atoms with Crippen LogP contribution >= 0.6 is 0 Å². The summed E-state index contributed by atoms with van der Waals surface area (Å²) in [5.41, 5.74) is 0.127. The zero-order valence-corrected chi connectivity index (χ0v) is 15.5. The Morgan fingerprint density at radius 1 is 0.964 bits per heavy atom. The first kappa shape index (κ1) is 20.7. The van der Waals surface area contributed by atoms with Crippen LogP contribution in [-0.4, -0.2) is 25.1 Å². The van der Waals surface area contributed by atoms with E-state index in [9.17, 15) is 30.4 Å². The van der Waals surface area contributed by atoms with Gasteiger partial charge in [-0.15, -0.1) is 0 Å². The van der Waals surface area contributed by atoms with Crippen molar-refractivity contribution in [1.82, 2.24) is 4.90 Å². The number of alkyl halides is 5. The van der Waals surface area contributed by atoms with Crippen LogP contribution in [0.3, 0.4) is 0 Å². The van der Waals surface area contributed by atoms with Gasteiger partial charge in [0.15, 0.2) is 0 Å². The van der Waals surface area contributed by atoms with Crippen molar-refractivity contribution in [3.05, 3.63) is 65.2 Å². The molecule has 2 aromatic carbocycles. The largest absolute Gasteiger partial charge is 0.416 e. The summed E-state index contributed by atoms with van der Waals surface area (Å²) >= 11 is 0. The lowest BCUT2D eigenvalue weighted by atomic mass is 10.1. The van der Waals surface area contributed by atoms with E-state index in [0.29, 0.717) is 12.1 Å². The first-order chi connectivity index (χ1) is 13.1. The standard InChI is InChI=1S/C19H18F5NO2S/c20-18(21)28(26,27)16-9-5-13(6-10-16)11-25(15-7-8-15)12-14-3-1-2-4-17(14)19(22,23)24/h1-6,9-10,15,18H,7-8,11-12H2. The summed E-state index contributed by atoms with van der Waals surface area (Å²) in [5, 5.41) is 0. The Hall–Kier alpha value is -2.00. The van der Waals surface area contributed by atoms with Gasteiger partial charge in [-0.2, -0.15) is 22.0 Å². The van der Waals surface area contributed by atoms with Crippen LogP contribution in [0.25, 0.3) is 0 Å². The van der Waals surface area contributed by atoms with Crippen LogP contribution in [0.4, 0.5) is 22.0 Å². The van der Waals surface area contributed by atoms with Gasteiger partial charge in [-0.25, -0.2) is 8.42 Å². The van der Waals surface area contributed by atoms with E-state index in [0.717, 1.165) is 31.0 Å². The fourth-order valence-corrected chi connectivity index (χ4v) is 3.75. The van der Waals surface area contributed by atoms with Gasteiger partial charge in [0.2, 0.25) is 9.84 Å². The van der Waals surface area contributed by atoms with Crippen molar-refractivity contribution in [2.75, 3.05) is 0 Å². The molecule has 152 valence electrons. The predicted molar refractivity (Wildman–Crippen MR) is 93.3 cm³/mol. The molecule has 0 bridgehead atoms. The molecule has 0 spiro atoms. The second kappa shape index (κ2) is 7.79. The third-order valence-electron chi connectivity index (χ3n) is 4.63. The number of rotatable bonds is 7. The van der Waals surface area contributed by atoms with E-state index in [-0.39, 0.29) is 18.2 Å². The third kappa shape index (κ3) is 4.70. The van der Waals surface area contributed by atoms with Crippen molar-refractivity contribution in [2.45, 2.75) is 48.8 Å². The Morgan fingerprint density at radius 2 is 1.57 bits per heavy atom. The van der Waals surface area contributed by atoms with E-state index < -0.39 is 32.2 Å². The predicted octanol–water partition coefficient (Wildman–Crippen LogP) is 4.87. The van der Waals surface area contributed by atoms with Gasteiger partial charge in [0, 0.05) is 19.1 Å². The van der Waals surface area contributed by atoms with E-state index in [2.05, 4.69) is 0 Å². The van der Waals surface area contributed by atoms with Crippen molar-refractivity contribution in [3.8, 4) is 0 Å². The first-order valence-electron chi connectivity index (χ1n) is 8.59. The quantitative estimate of drug-likeness (QED) is 0.601. The van der Waals surface area contributed by atoms with Gasteiger partial charge in [0.1, 0.15) is 0 Å². The minimum Gasteiger partial charge on any atom is -0.292 e. The van der Waals surface area contributed by atoms with Crippen LogP contribution in [0.5, 0.6) is 0 Å². The zero-order valence-electron chi connectivity index (χ0n) is 14.7. The molecule has 3 rings (SSSR count). The Balaban J connectivity index is 1.79. The SMILES string of the molecule is O=S(=O)(c1ccc(CN(Cc2ccccc2C(F)(F)F)C2CC2)cc1)C(F)F. The summed E-state index contributed by atoms with van der Waals surface area (Å²) < 4.78 is 87.9. The second-order valence-electron chi connectivity index (χ2n) is 6.74. The number of sulfone groups is 1. The number of hydrogen-bond donors (Lipinski definition) is 0. The molecule has 1 saturated carbocycles. The topological polar surface area (TPSA) is 37.4 Å². The molecule has 0 radical (unpaired) electrons. The summed E-state index contributed by atoms with van der Waals surface area (Å²) in [6.45, 7) is 0.392. The lowest BCUT2D eigenvalue weighted by Crippen LogP contribution is -2.26. The van der Waals surface area contributed by atoms with E-state index in [1.165, 1.54) is 24.3 Å². The zero-order chi connectivity index (χ0) is 20.5.